The number of benzene rings is 1. The molecule has 0 radical (unpaired) electrons. The summed E-state index contributed by atoms with van der Waals surface area (Å²) in [6.07, 6.45) is 5.22. The van der Waals surface area contributed by atoms with E-state index in [2.05, 4.69) is 9.82 Å². The van der Waals surface area contributed by atoms with Crippen LogP contribution in [0.15, 0.2) is 36.5 Å². The molecule has 2 aromatic rings. The lowest BCUT2D eigenvalue weighted by molar-refractivity contribution is 0.577. The molecule has 0 amide bonds. The van der Waals surface area contributed by atoms with Gasteiger partial charge in [0, 0.05) is 24.5 Å². The first-order chi connectivity index (χ1) is 11.8. The zero-order chi connectivity index (χ0) is 18.6. The molecule has 0 saturated heterocycles. The number of allylic oxidation sites excluding steroid dienone is 2. The van der Waals surface area contributed by atoms with E-state index in [1.807, 2.05) is 59.1 Å². The highest BCUT2D eigenvalue weighted by Crippen LogP contribution is 2.29. The standard InChI is InChI=1S/C19H27N3O2S/c1-6-14(4)19-18(13-22(5)20-19)15-9-11-16(12-10-15)21-25(23,24)17(7-2)8-3/h6,9-13,17,21H,7-8H2,1-5H3. The Bertz CT molecular complexity index is 845. The van der Waals surface area contributed by atoms with Crippen LogP contribution in [0.2, 0.25) is 0 Å². The van der Waals surface area contributed by atoms with Crippen LogP contribution in [0, 0.1) is 0 Å². The Morgan fingerprint density at radius 3 is 2.36 bits per heavy atom. The number of rotatable bonds is 7. The Labute approximate surface area is 150 Å². The van der Waals surface area contributed by atoms with E-state index in [0.29, 0.717) is 18.5 Å². The maximum absolute atomic E-state index is 12.4. The van der Waals surface area contributed by atoms with Crippen LogP contribution in [0.1, 0.15) is 46.2 Å². The van der Waals surface area contributed by atoms with E-state index in [1.54, 1.807) is 16.8 Å². The predicted octanol–water partition coefficient (Wildman–Crippen LogP) is 4.44. The molecule has 0 aliphatic rings. The van der Waals surface area contributed by atoms with Crippen LogP contribution in [-0.4, -0.2) is 23.4 Å². The highest BCUT2D eigenvalue weighted by molar-refractivity contribution is 7.93. The molecule has 1 heterocycles. The van der Waals surface area contributed by atoms with Gasteiger partial charge in [-0.3, -0.25) is 9.40 Å². The van der Waals surface area contributed by atoms with E-state index in [9.17, 15) is 8.42 Å². The molecule has 0 saturated carbocycles. The lowest BCUT2D eigenvalue weighted by Gasteiger charge is -2.15. The van der Waals surface area contributed by atoms with Gasteiger partial charge in [0.2, 0.25) is 10.0 Å². The Kier molecular flexibility index (Phi) is 6.06. The smallest absolute Gasteiger partial charge is 0.235 e. The summed E-state index contributed by atoms with van der Waals surface area (Å²) in [6.45, 7) is 7.81. The van der Waals surface area contributed by atoms with Crippen molar-refractivity contribution in [3.05, 3.63) is 42.2 Å². The molecule has 1 aromatic heterocycles. The van der Waals surface area contributed by atoms with E-state index in [1.165, 1.54) is 0 Å². The van der Waals surface area contributed by atoms with Crippen LogP contribution in [0.3, 0.4) is 0 Å². The van der Waals surface area contributed by atoms with Crippen molar-refractivity contribution in [1.29, 1.82) is 0 Å². The number of nitrogens with one attached hydrogen (secondary N) is 1. The third kappa shape index (κ3) is 4.31. The van der Waals surface area contributed by atoms with Crippen LogP contribution >= 0.6 is 0 Å². The van der Waals surface area contributed by atoms with Crippen molar-refractivity contribution in [2.75, 3.05) is 4.72 Å². The first-order valence-corrected chi connectivity index (χ1v) is 10.2. The Morgan fingerprint density at radius 1 is 1.24 bits per heavy atom. The summed E-state index contributed by atoms with van der Waals surface area (Å²) in [5.74, 6) is 0. The molecule has 25 heavy (non-hydrogen) atoms. The minimum atomic E-state index is -3.35. The maximum atomic E-state index is 12.4. The molecular formula is C19H27N3O2S. The molecule has 0 fully saturated rings. The molecule has 1 aromatic carbocycles. The van der Waals surface area contributed by atoms with Crippen molar-refractivity contribution >= 4 is 21.3 Å². The van der Waals surface area contributed by atoms with Crippen molar-refractivity contribution in [3.8, 4) is 11.1 Å². The minimum Gasteiger partial charge on any atom is -0.283 e. The largest absolute Gasteiger partial charge is 0.283 e. The highest BCUT2D eigenvalue weighted by atomic mass is 32.2. The lowest BCUT2D eigenvalue weighted by Crippen LogP contribution is -2.26. The number of hydrogen-bond donors (Lipinski definition) is 1. The first kappa shape index (κ1) is 19.2. The van der Waals surface area contributed by atoms with E-state index in [-0.39, 0.29) is 5.25 Å². The van der Waals surface area contributed by atoms with Crippen LogP contribution < -0.4 is 4.72 Å². The Morgan fingerprint density at radius 2 is 1.84 bits per heavy atom. The number of aromatic nitrogens is 2. The third-order valence-corrected chi connectivity index (χ3v) is 6.51. The van der Waals surface area contributed by atoms with E-state index in [0.717, 1.165) is 22.4 Å². The lowest BCUT2D eigenvalue weighted by atomic mass is 10.0. The fraction of sp³-hybridized carbons (Fsp3) is 0.421. The number of nitrogens with zero attached hydrogens (tertiary/aromatic N) is 2. The number of hydrogen-bond acceptors (Lipinski definition) is 3. The zero-order valence-electron chi connectivity index (χ0n) is 15.6. The topological polar surface area (TPSA) is 64.0 Å². The molecule has 2 rings (SSSR count). The number of anilines is 1. The van der Waals surface area contributed by atoms with Crippen molar-refractivity contribution in [3.63, 3.8) is 0 Å². The summed E-state index contributed by atoms with van der Waals surface area (Å²) in [7, 11) is -1.45. The molecule has 5 nitrogen and oxygen atoms in total. The fourth-order valence-electron chi connectivity index (χ4n) is 2.82. The summed E-state index contributed by atoms with van der Waals surface area (Å²) in [6, 6.07) is 7.45. The summed E-state index contributed by atoms with van der Waals surface area (Å²) in [5, 5.41) is 4.16. The van der Waals surface area contributed by atoms with E-state index < -0.39 is 10.0 Å². The number of aryl methyl sites for hydroxylation is 1. The van der Waals surface area contributed by atoms with Crippen LogP contribution in [0.4, 0.5) is 5.69 Å². The quantitative estimate of drug-likeness (QED) is 0.793. The summed E-state index contributed by atoms with van der Waals surface area (Å²) < 4.78 is 29.2. The second kappa shape index (κ2) is 7.87. The van der Waals surface area contributed by atoms with Gasteiger partial charge in [-0.05, 0) is 50.0 Å². The van der Waals surface area contributed by atoms with Gasteiger partial charge in [-0.2, -0.15) is 5.10 Å². The molecular weight excluding hydrogens is 334 g/mol. The molecule has 1 N–H and O–H groups in total. The van der Waals surface area contributed by atoms with Crippen LogP contribution in [-0.2, 0) is 17.1 Å². The normalized spacial score (nSPS) is 12.6. The molecule has 0 atom stereocenters. The van der Waals surface area contributed by atoms with Crippen molar-refractivity contribution < 1.29 is 8.42 Å². The van der Waals surface area contributed by atoms with Crippen LogP contribution in [0.5, 0.6) is 0 Å². The van der Waals surface area contributed by atoms with Gasteiger partial charge < -0.3 is 0 Å². The predicted molar refractivity (Wildman–Crippen MR) is 105 cm³/mol. The van der Waals surface area contributed by atoms with Crippen molar-refractivity contribution in [2.24, 2.45) is 7.05 Å². The first-order valence-electron chi connectivity index (χ1n) is 8.61. The fourth-order valence-corrected chi connectivity index (χ4v) is 4.33. The van der Waals surface area contributed by atoms with Crippen LogP contribution in [0.25, 0.3) is 16.7 Å². The molecule has 0 bridgehead atoms. The summed E-state index contributed by atoms with van der Waals surface area (Å²) >= 11 is 0. The molecule has 6 heteroatoms. The third-order valence-electron chi connectivity index (χ3n) is 4.44. The summed E-state index contributed by atoms with van der Waals surface area (Å²) in [5.41, 5.74) is 4.68. The Hall–Kier alpha value is -2.08. The molecule has 0 spiro atoms. The van der Waals surface area contributed by atoms with Crippen molar-refractivity contribution in [2.45, 2.75) is 45.8 Å². The highest BCUT2D eigenvalue weighted by Gasteiger charge is 2.21. The van der Waals surface area contributed by atoms with E-state index in [4.69, 9.17) is 0 Å². The number of sulfonamides is 1. The minimum absolute atomic E-state index is 0.366. The monoisotopic (exact) mass is 361 g/mol. The molecule has 0 aliphatic heterocycles. The summed E-state index contributed by atoms with van der Waals surface area (Å²) in [4.78, 5) is 0. The SMILES string of the molecule is CC=C(C)c1nn(C)cc1-c1ccc(NS(=O)(=O)C(CC)CC)cc1. The van der Waals surface area contributed by atoms with Gasteiger partial charge in [0.25, 0.3) is 0 Å². The van der Waals surface area contributed by atoms with Gasteiger partial charge in [0.1, 0.15) is 0 Å². The van der Waals surface area contributed by atoms with Gasteiger partial charge in [-0.1, -0.05) is 32.1 Å². The average Bonchev–Trinajstić information content (AvgIpc) is 2.97. The van der Waals surface area contributed by atoms with Gasteiger partial charge in [-0.15, -0.1) is 0 Å². The second-order valence-corrected chi connectivity index (χ2v) is 8.16. The Balaban J connectivity index is 2.30. The second-order valence-electron chi connectivity index (χ2n) is 6.20. The van der Waals surface area contributed by atoms with E-state index >= 15 is 0 Å². The van der Waals surface area contributed by atoms with Gasteiger partial charge in [0.05, 0.1) is 10.9 Å². The molecule has 0 aliphatic carbocycles. The molecule has 0 unspecified atom stereocenters. The molecule has 136 valence electrons. The zero-order valence-corrected chi connectivity index (χ0v) is 16.4. The maximum Gasteiger partial charge on any atom is 0.235 e. The van der Waals surface area contributed by atoms with Gasteiger partial charge in [0.15, 0.2) is 0 Å². The van der Waals surface area contributed by atoms with Gasteiger partial charge >= 0.3 is 0 Å². The van der Waals surface area contributed by atoms with Crippen molar-refractivity contribution in [1.82, 2.24) is 9.78 Å². The average molecular weight is 362 g/mol. The van der Waals surface area contributed by atoms with Gasteiger partial charge in [-0.25, -0.2) is 8.42 Å².